The van der Waals surface area contributed by atoms with Crippen molar-refractivity contribution in [2.45, 2.75) is 37.6 Å². The van der Waals surface area contributed by atoms with Crippen LogP contribution in [0.2, 0.25) is 0 Å². The lowest BCUT2D eigenvalue weighted by Gasteiger charge is -2.27. The monoisotopic (exact) mass is 315 g/mol. The highest BCUT2D eigenvalue weighted by molar-refractivity contribution is 7.89. The summed E-state index contributed by atoms with van der Waals surface area (Å²) in [6.07, 6.45) is 1.50. The van der Waals surface area contributed by atoms with E-state index < -0.39 is 26.7 Å². The Morgan fingerprint density at radius 2 is 2.10 bits per heavy atom. The highest BCUT2D eigenvalue weighted by atomic mass is 32.2. The Morgan fingerprint density at radius 3 is 2.62 bits per heavy atom. The van der Waals surface area contributed by atoms with E-state index in [-0.39, 0.29) is 17.5 Å². The molecular weight excluding hydrogens is 297 g/mol. The van der Waals surface area contributed by atoms with Crippen LogP contribution in [0.25, 0.3) is 0 Å². The molecule has 21 heavy (non-hydrogen) atoms. The van der Waals surface area contributed by atoms with Crippen molar-refractivity contribution in [1.29, 1.82) is 0 Å². The van der Waals surface area contributed by atoms with Crippen molar-refractivity contribution in [3.8, 4) is 0 Å². The summed E-state index contributed by atoms with van der Waals surface area (Å²) in [4.78, 5) is 10.3. The van der Waals surface area contributed by atoms with Gasteiger partial charge >= 0.3 is 5.97 Å². The molecular formula is C14H18FNO4S. The van der Waals surface area contributed by atoms with E-state index in [1.165, 1.54) is 4.31 Å². The first-order valence-corrected chi connectivity index (χ1v) is 8.24. The molecule has 1 aromatic rings. The lowest BCUT2D eigenvalue weighted by atomic mass is 10.0. The third-order valence-corrected chi connectivity index (χ3v) is 5.74. The van der Waals surface area contributed by atoms with Gasteiger partial charge in [-0.25, -0.2) is 17.6 Å². The maximum Gasteiger partial charge on any atom is 0.335 e. The average Bonchev–Trinajstić information content (AvgIpc) is 2.88. The molecule has 0 saturated carbocycles. The van der Waals surface area contributed by atoms with Crippen molar-refractivity contribution in [3.63, 3.8) is 0 Å². The fourth-order valence-electron chi connectivity index (χ4n) is 2.70. The molecule has 1 N–H and O–H groups in total. The first-order chi connectivity index (χ1) is 9.75. The summed E-state index contributed by atoms with van der Waals surface area (Å²) in [6, 6.07) is 2.74. The summed E-state index contributed by atoms with van der Waals surface area (Å²) in [6.45, 7) is 4.23. The molecule has 1 fully saturated rings. The lowest BCUT2D eigenvalue weighted by Crippen LogP contribution is -2.38. The molecule has 0 aromatic heterocycles. The van der Waals surface area contributed by atoms with Gasteiger partial charge in [-0.3, -0.25) is 0 Å². The molecule has 1 atom stereocenters. The van der Waals surface area contributed by atoms with E-state index >= 15 is 0 Å². The van der Waals surface area contributed by atoms with Crippen molar-refractivity contribution in [1.82, 2.24) is 4.31 Å². The second-order valence-electron chi connectivity index (χ2n) is 5.52. The number of hydrogen-bond acceptors (Lipinski definition) is 3. The Hall–Kier alpha value is -1.47. The standard InChI is InChI=1S/C14H18FNO4S/c1-9(2)12-4-3-7-16(12)21(19,20)13-6-5-10(14(17)18)8-11(13)15/h5-6,8-9,12H,3-4,7H2,1-2H3,(H,17,18). The summed E-state index contributed by atoms with van der Waals surface area (Å²) >= 11 is 0. The van der Waals surface area contributed by atoms with Gasteiger partial charge in [0, 0.05) is 12.6 Å². The summed E-state index contributed by atoms with van der Waals surface area (Å²) in [7, 11) is -3.94. The van der Waals surface area contributed by atoms with Gasteiger partial charge in [0.15, 0.2) is 0 Å². The number of aromatic carboxylic acids is 1. The lowest BCUT2D eigenvalue weighted by molar-refractivity contribution is 0.0696. The van der Waals surface area contributed by atoms with Crippen LogP contribution in [0.1, 0.15) is 37.0 Å². The highest BCUT2D eigenvalue weighted by Gasteiger charge is 2.38. The predicted octanol–water partition coefficient (Wildman–Crippen LogP) is 2.33. The number of carbonyl (C=O) groups is 1. The molecule has 1 aliphatic rings. The van der Waals surface area contributed by atoms with Crippen LogP contribution in [0.5, 0.6) is 0 Å². The van der Waals surface area contributed by atoms with Gasteiger partial charge in [-0.1, -0.05) is 13.8 Å². The van der Waals surface area contributed by atoms with Crippen LogP contribution < -0.4 is 0 Å². The molecule has 1 heterocycles. The third kappa shape index (κ3) is 2.94. The number of halogens is 1. The fraction of sp³-hybridized carbons (Fsp3) is 0.500. The van der Waals surface area contributed by atoms with Gasteiger partial charge < -0.3 is 5.11 Å². The number of rotatable bonds is 4. The molecule has 7 heteroatoms. The zero-order chi connectivity index (χ0) is 15.8. The third-order valence-electron chi connectivity index (χ3n) is 3.78. The number of nitrogens with zero attached hydrogens (tertiary/aromatic N) is 1. The summed E-state index contributed by atoms with van der Waals surface area (Å²) < 4.78 is 40.5. The van der Waals surface area contributed by atoms with Crippen LogP contribution in [0.4, 0.5) is 4.39 Å². The molecule has 1 aromatic carbocycles. The van der Waals surface area contributed by atoms with E-state index in [2.05, 4.69) is 0 Å². The molecule has 0 spiro atoms. The van der Waals surface area contributed by atoms with Crippen LogP contribution in [0.3, 0.4) is 0 Å². The zero-order valence-electron chi connectivity index (χ0n) is 11.9. The molecule has 0 bridgehead atoms. The first-order valence-electron chi connectivity index (χ1n) is 6.80. The molecule has 0 radical (unpaired) electrons. The van der Waals surface area contributed by atoms with Crippen LogP contribution in [0.15, 0.2) is 23.1 Å². The molecule has 1 saturated heterocycles. The zero-order valence-corrected chi connectivity index (χ0v) is 12.7. The maximum atomic E-state index is 14.0. The largest absolute Gasteiger partial charge is 0.478 e. The number of benzene rings is 1. The van der Waals surface area contributed by atoms with Gasteiger partial charge in [-0.15, -0.1) is 0 Å². The summed E-state index contributed by atoms with van der Waals surface area (Å²) in [5, 5.41) is 8.80. The SMILES string of the molecule is CC(C)C1CCCN1S(=O)(=O)c1ccc(C(=O)O)cc1F. The minimum atomic E-state index is -3.94. The van der Waals surface area contributed by atoms with E-state index in [1.54, 1.807) is 0 Å². The van der Waals surface area contributed by atoms with Crippen molar-refractivity contribution in [2.75, 3.05) is 6.54 Å². The first kappa shape index (κ1) is 15.9. The van der Waals surface area contributed by atoms with E-state index in [0.717, 1.165) is 31.0 Å². The van der Waals surface area contributed by atoms with Crippen LogP contribution >= 0.6 is 0 Å². The van der Waals surface area contributed by atoms with E-state index in [9.17, 15) is 17.6 Å². The molecule has 1 aliphatic heterocycles. The Labute approximate surface area is 123 Å². The highest BCUT2D eigenvalue weighted by Crippen LogP contribution is 2.31. The normalized spacial score (nSPS) is 20.1. The molecule has 2 rings (SSSR count). The van der Waals surface area contributed by atoms with E-state index in [4.69, 9.17) is 5.11 Å². The number of hydrogen-bond donors (Lipinski definition) is 1. The Bertz CT molecular complexity index is 657. The molecule has 1 unspecified atom stereocenters. The van der Waals surface area contributed by atoms with E-state index in [0.29, 0.717) is 6.54 Å². The summed E-state index contributed by atoms with van der Waals surface area (Å²) in [5.74, 6) is -2.17. The maximum absolute atomic E-state index is 14.0. The Kier molecular flexibility index (Phi) is 4.34. The molecule has 116 valence electrons. The minimum absolute atomic E-state index is 0.142. The van der Waals surface area contributed by atoms with Crippen molar-refractivity contribution < 1.29 is 22.7 Å². The number of sulfonamides is 1. The molecule has 0 aliphatic carbocycles. The summed E-state index contributed by atoms with van der Waals surface area (Å²) in [5.41, 5.74) is -0.270. The van der Waals surface area contributed by atoms with Gasteiger partial charge in [0.25, 0.3) is 0 Å². The fourth-order valence-corrected chi connectivity index (χ4v) is 4.57. The molecule has 0 amide bonds. The van der Waals surface area contributed by atoms with Crippen LogP contribution in [-0.2, 0) is 10.0 Å². The number of carboxylic acids is 1. The van der Waals surface area contributed by atoms with Gasteiger partial charge in [0.1, 0.15) is 10.7 Å². The number of carboxylic acid groups (broad SMARTS) is 1. The minimum Gasteiger partial charge on any atom is -0.478 e. The van der Waals surface area contributed by atoms with Crippen LogP contribution in [0, 0.1) is 11.7 Å². The van der Waals surface area contributed by atoms with Crippen molar-refractivity contribution in [3.05, 3.63) is 29.6 Å². The smallest absolute Gasteiger partial charge is 0.335 e. The van der Waals surface area contributed by atoms with Gasteiger partial charge in [-0.05, 0) is 37.0 Å². The Morgan fingerprint density at radius 1 is 1.43 bits per heavy atom. The predicted molar refractivity (Wildman–Crippen MR) is 75.1 cm³/mol. The Balaban J connectivity index is 2.42. The topological polar surface area (TPSA) is 74.7 Å². The average molecular weight is 315 g/mol. The van der Waals surface area contributed by atoms with Gasteiger partial charge in [0.05, 0.1) is 5.56 Å². The van der Waals surface area contributed by atoms with Crippen LogP contribution in [-0.4, -0.2) is 36.4 Å². The van der Waals surface area contributed by atoms with Crippen molar-refractivity contribution >= 4 is 16.0 Å². The quantitative estimate of drug-likeness (QED) is 0.925. The second-order valence-corrected chi connectivity index (χ2v) is 7.38. The van der Waals surface area contributed by atoms with E-state index in [1.807, 2.05) is 13.8 Å². The van der Waals surface area contributed by atoms with Crippen molar-refractivity contribution in [2.24, 2.45) is 5.92 Å². The van der Waals surface area contributed by atoms with Gasteiger partial charge in [-0.2, -0.15) is 4.31 Å². The van der Waals surface area contributed by atoms with Gasteiger partial charge in [0.2, 0.25) is 10.0 Å². The molecule has 5 nitrogen and oxygen atoms in total. The second kappa shape index (κ2) is 5.73.